The van der Waals surface area contributed by atoms with E-state index < -0.39 is 6.09 Å². The van der Waals surface area contributed by atoms with Gasteiger partial charge in [-0.1, -0.05) is 0 Å². The summed E-state index contributed by atoms with van der Waals surface area (Å²) < 4.78 is 0. The van der Waals surface area contributed by atoms with Crippen molar-refractivity contribution in [2.75, 3.05) is 19.7 Å². The maximum absolute atomic E-state index is 10.3. The van der Waals surface area contributed by atoms with Crippen molar-refractivity contribution in [3.05, 3.63) is 0 Å². The van der Waals surface area contributed by atoms with Gasteiger partial charge in [-0.2, -0.15) is 0 Å². The van der Waals surface area contributed by atoms with Crippen LogP contribution >= 0.6 is 0 Å². The third-order valence-corrected chi connectivity index (χ3v) is 2.04. The Morgan fingerprint density at radius 3 is 3.00 bits per heavy atom. The van der Waals surface area contributed by atoms with Crippen molar-refractivity contribution in [3.63, 3.8) is 0 Å². The maximum Gasteiger partial charge on any atom is 0.136 e. The van der Waals surface area contributed by atoms with Crippen molar-refractivity contribution in [1.82, 2.24) is 4.90 Å². The van der Waals surface area contributed by atoms with Crippen LogP contribution in [0.1, 0.15) is 12.8 Å². The lowest BCUT2D eigenvalue weighted by atomic mass is 10.00. The molecule has 1 N–H and O–H groups in total. The summed E-state index contributed by atoms with van der Waals surface area (Å²) in [6.45, 7) is 1.06. The van der Waals surface area contributed by atoms with Crippen LogP contribution in [0.5, 0.6) is 0 Å². The monoisotopic (exact) mass is 158 g/mol. The lowest BCUT2D eigenvalue weighted by Crippen LogP contribution is -2.47. The van der Waals surface area contributed by atoms with Crippen LogP contribution in [0.2, 0.25) is 0 Å². The Bertz CT molecular complexity index is 149. The molecule has 4 nitrogen and oxygen atoms in total. The Balaban J connectivity index is 2.39. The smallest absolute Gasteiger partial charge is 0.136 e. The fraction of sp³-hybridized carbons (Fsp3) is 0.857. The van der Waals surface area contributed by atoms with Gasteiger partial charge in [0.15, 0.2) is 0 Å². The topological polar surface area (TPSA) is 63.6 Å². The van der Waals surface area contributed by atoms with E-state index in [9.17, 15) is 9.90 Å². The molecule has 1 rings (SSSR count). The van der Waals surface area contributed by atoms with E-state index >= 15 is 0 Å². The van der Waals surface area contributed by atoms with Crippen molar-refractivity contribution in [2.45, 2.75) is 12.8 Å². The van der Waals surface area contributed by atoms with Crippen molar-refractivity contribution in [2.24, 2.45) is 5.92 Å². The molecule has 1 aliphatic heterocycles. The number of hydrogen-bond acceptors (Lipinski definition) is 3. The predicted molar refractivity (Wildman–Crippen MR) is 36.8 cm³/mol. The van der Waals surface area contributed by atoms with Gasteiger partial charge >= 0.3 is 0 Å². The van der Waals surface area contributed by atoms with Gasteiger partial charge in [-0.05, 0) is 18.8 Å². The van der Waals surface area contributed by atoms with Crippen LogP contribution in [0.25, 0.3) is 0 Å². The van der Waals surface area contributed by atoms with Gasteiger partial charge in [0.25, 0.3) is 0 Å². The highest BCUT2D eigenvalue weighted by Gasteiger charge is 2.18. The second-order valence-electron chi connectivity index (χ2n) is 2.90. The first-order valence-corrected chi connectivity index (χ1v) is 3.81. The number of carboxylic acid groups (broad SMARTS) is 1. The Morgan fingerprint density at radius 1 is 1.73 bits per heavy atom. The molecule has 1 saturated heterocycles. The second-order valence-corrected chi connectivity index (χ2v) is 2.90. The molecule has 0 saturated carbocycles. The number of aliphatic hydroxyl groups excluding tert-OH is 1. The van der Waals surface area contributed by atoms with Crippen LogP contribution in [0.15, 0.2) is 0 Å². The first-order chi connectivity index (χ1) is 5.24. The van der Waals surface area contributed by atoms with Gasteiger partial charge in [0, 0.05) is 19.7 Å². The number of nitrogens with zero attached hydrogens (tertiary/aromatic N) is 1. The largest absolute Gasteiger partial charge is 0.530 e. The minimum Gasteiger partial charge on any atom is -0.530 e. The molecule has 0 aromatic carbocycles. The van der Waals surface area contributed by atoms with Gasteiger partial charge in [-0.15, -0.1) is 0 Å². The van der Waals surface area contributed by atoms with Gasteiger partial charge < -0.3 is 19.9 Å². The van der Waals surface area contributed by atoms with E-state index in [4.69, 9.17) is 5.11 Å². The summed E-state index contributed by atoms with van der Waals surface area (Å²) in [6.07, 6.45) is 0.627. The molecule has 1 heterocycles. The summed E-state index contributed by atoms with van der Waals surface area (Å²) in [5, 5.41) is 19.1. The highest BCUT2D eigenvalue weighted by atomic mass is 16.4. The van der Waals surface area contributed by atoms with Crippen molar-refractivity contribution < 1.29 is 15.0 Å². The van der Waals surface area contributed by atoms with Crippen LogP contribution in [-0.4, -0.2) is 35.8 Å². The highest BCUT2D eigenvalue weighted by molar-refractivity contribution is 5.62. The van der Waals surface area contributed by atoms with E-state index in [1.807, 2.05) is 0 Å². The van der Waals surface area contributed by atoms with E-state index in [0.29, 0.717) is 13.1 Å². The van der Waals surface area contributed by atoms with Crippen molar-refractivity contribution in [3.8, 4) is 0 Å². The fourth-order valence-electron chi connectivity index (χ4n) is 1.38. The number of amides is 1. The standard InChI is InChI=1S/C7H13NO3/c9-5-6-2-1-3-8(4-6)7(10)11/h6,9H,1-5H2,(H,10,11)/p-1. The van der Waals surface area contributed by atoms with Gasteiger partial charge in [0.2, 0.25) is 0 Å². The average molecular weight is 158 g/mol. The second kappa shape index (κ2) is 3.57. The molecule has 1 aliphatic rings. The zero-order chi connectivity index (χ0) is 8.27. The Hall–Kier alpha value is -0.770. The predicted octanol–water partition coefficient (Wildman–Crippen LogP) is -0.966. The number of aliphatic hydroxyl groups is 1. The highest BCUT2D eigenvalue weighted by Crippen LogP contribution is 2.14. The Kier molecular flexibility index (Phi) is 2.70. The van der Waals surface area contributed by atoms with Gasteiger partial charge in [0.1, 0.15) is 6.09 Å². The number of carbonyl (C=O) groups excluding carboxylic acids is 1. The molecule has 0 spiro atoms. The molecule has 11 heavy (non-hydrogen) atoms. The minimum absolute atomic E-state index is 0.0732. The Labute approximate surface area is 65.4 Å². The lowest BCUT2D eigenvalue weighted by Gasteiger charge is -2.33. The zero-order valence-corrected chi connectivity index (χ0v) is 6.32. The number of piperidine rings is 1. The first-order valence-electron chi connectivity index (χ1n) is 3.81. The number of rotatable bonds is 1. The molecule has 0 aromatic heterocycles. The van der Waals surface area contributed by atoms with Gasteiger partial charge in [0.05, 0.1) is 0 Å². The summed E-state index contributed by atoms with van der Waals surface area (Å²) in [6, 6.07) is 0. The van der Waals surface area contributed by atoms with Crippen molar-refractivity contribution in [1.29, 1.82) is 0 Å². The molecular weight excluding hydrogens is 146 g/mol. The molecule has 0 radical (unpaired) electrons. The minimum atomic E-state index is -1.12. The normalized spacial score (nSPS) is 25.2. The van der Waals surface area contributed by atoms with Crippen LogP contribution in [0, 0.1) is 5.92 Å². The van der Waals surface area contributed by atoms with Gasteiger partial charge in [-0.25, -0.2) is 0 Å². The molecule has 0 aromatic rings. The van der Waals surface area contributed by atoms with E-state index in [0.717, 1.165) is 12.8 Å². The van der Waals surface area contributed by atoms with Gasteiger partial charge in [-0.3, -0.25) is 0 Å². The van der Waals surface area contributed by atoms with Crippen LogP contribution in [0.4, 0.5) is 4.79 Å². The van der Waals surface area contributed by atoms with Crippen molar-refractivity contribution >= 4 is 6.09 Å². The summed E-state index contributed by atoms with van der Waals surface area (Å²) in [4.78, 5) is 11.6. The number of carbonyl (C=O) groups is 1. The van der Waals surface area contributed by atoms with Crippen LogP contribution in [-0.2, 0) is 0 Å². The van der Waals surface area contributed by atoms with Crippen LogP contribution < -0.4 is 5.11 Å². The van der Waals surface area contributed by atoms with E-state index in [2.05, 4.69) is 0 Å². The summed E-state index contributed by atoms with van der Waals surface area (Å²) in [5.74, 6) is 0.113. The summed E-state index contributed by atoms with van der Waals surface area (Å²) in [7, 11) is 0. The molecule has 1 atom stereocenters. The number of likely N-dealkylation sites (tertiary alicyclic amines) is 1. The Morgan fingerprint density at radius 2 is 2.45 bits per heavy atom. The molecule has 0 bridgehead atoms. The third-order valence-electron chi connectivity index (χ3n) is 2.04. The molecule has 1 amide bonds. The number of hydrogen-bond donors (Lipinski definition) is 1. The van der Waals surface area contributed by atoms with E-state index in [-0.39, 0.29) is 12.5 Å². The van der Waals surface area contributed by atoms with Crippen LogP contribution in [0.3, 0.4) is 0 Å². The molecule has 4 heteroatoms. The molecular formula is C7H12NO3-. The summed E-state index contributed by atoms with van der Waals surface area (Å²) in [5.41, 5.74) is 0. The lowest BCUT2D eigenvalue weighted by molar-refractivity contribution is -0.267. The molecule has 1 unspecified atom stereocenters. The first kappa shape index (κ1) is 8.33. The quantitative estimate of drug-likeness (QED) is 0.534. The third kappa shape index (κ3) is 2.08. The maximum atomic E-state index is 10.3. The van der Waals surface area contributed by atoms with E-state index in [1.54, 1.807) is 0 Å². The van der Waals surface area contributed by atoms with E-state index in [1.165, 1.54) is 4.90 Å². The zero-order valence-electron chi connectivity index (χ0n) is 6.32. The summed E-state index contributed by atoms with van der Waals surface area (Å²) >= 11 is 0. The fourth-order valence-corrected chi connectivity index (χ4v) is 1.38. The molecule has 1 fully saturated rings. The molecule has 0 aliphatic carbocycles. The molecule has 64 valence electrons. The SMILES string of the molecule is O=C([O-])N1CCCC(CO)C1. The average Bonchev–Trinajstić information content (AvgIpc) is 2.05.